The van der Waals surface area contributed by atoms with Crippen LogP contribution in [0.5, 0.6) is 0 Å². The summed E-state index contributed by atoms with van der Waals surface area (Å²) in [5.41, 5.74) is 0.0860. The zero-order chi connectivity index (χ0) is 14.7. The van der Waals surface area contributed by atoms with Gasteiger partial charge in [-0.1, -0.05) is 0 Å². The topological polar surface area (TPSA) is 118 Å². The molecule has 2 rings (SSSR count). The van der Waals surface area contributed by atoms with Gasteiger partial charge in [0.25, 0.3) is 11.6 Å². The molecule has 20 heavy (non-hydrogen) atoms. The summed E-state index contributed by atoms with van der Waals surface area (Å²) in [4.78, 5) is 44.2. The van der Waals surface area contributed by atoms with Crippen molar-refractivity contribution in [3.8, 4) is 0 Å². The lowest BCUT2D eigenvalue weighted by Gasteiger charge is -2.21. The molecular formula is C12H11N3O5. The summed E-state index contributed by atoms with van der Waals surface area (Å²) in [6.45, 7) is 0. The van der Waals surface area contributed by atoms with Crippen molar-refractivity contribution in [2.75, 3.05) is 0 Å². The van der Waals surface area contributed by atoms with Gasteiger partial charge in [-0.25, -0.2) is 0 Å². The predicted molar refractivity (Wildman–Crippen MR) is 66.7 cm³/mol. The molecule has 1 aliphatic rings. The van der Waals surface area contributed by atoms with Gasteiger partial charge in [0.05, 0.1) is 4.92 Å². The van der Waals surface area contributed by atoms with Crippen LogP contribution >= 0.6 is 0 Å². The van der Waals surface area contributed by atoms with Crippen molar-refractivity contribution < 1.29 is 19.3 Å². The molecule has 0 spiro atoms. The van der Waals surface area contributed by atoms with E-state index in [9.17, 15) is 24.5 Å². The van der Waals surface area contributed by atoms with Crippen LogP contribution in [0, 0.1) is 10.1 Å². The predicted octanol–water partition coefficient (Wildman–Crippen LogP) is 0.130. The number of imide groups is 1. The van der Waals surface area contributed by atoms with Gasteiger partial charge in [0.2, 0.25) is 11.8 Å². The standard InChI is InChI=1S/C12H11N3O5/c16-10-6-5-9(12(18)14-10)13-11(17)7-1-3-8(4-2-7)15(19)20/h1-4,9H,5-6H2,(H,13,17)(H,14,16,18)/t9-/m0/s1. The second kappa shape index (κ2) is 5.47. The molecule has 1 atom stereocenters. The Labute approximate surface area is 113 Å². The summed E-state index contributed by atoms with van der Waals surface area (Å²) in [6.07, 6.45) is 0.403. The van der Waals surface area contributed by atoms with Crippen LogP contribution in [0.1, 0.15) is 23.2 Å². The van der Waals surface area contributed by atoms with E-state index in [4.69, 9.17) is 0 Å². The molecule has 0 bridgehead atoms. The van der Waals surface area contributed by atoms with Crippen molar-refractivity contribution in [2.24, 2.45) is 0 Å². The first kappa shape index (κ1) is 13.7. The Hall–Kier alpha value is -2.77. The number of rotatable bonds is 3. The summed E-state index contributed by atoms with van der Waals surface area (Å²) in [5, 5.41) is 15.1. The van der Waals surface area contributed by atoms with Gasteiger partial charge in [0, 0.05) is 24.1 Å². The highest BCUT2D eigenvalue weighted by molar-refractivity contribution is 6.03. The Morgan fingerprint density at radius 1 is 1.30 bits per heavy atom. The van der Waals surface area contributed by atoms with Crippen LogP contribution in [0.2, 0.25) is 0 Å². The smallest absolute Gasteiger partial charge is 0.269 e. The molecule has 1 aromatic carbocycles. The molecule has 0 aliphatic carbocycles. The number of hydrogen-bond donors (Lipinski definition) is 2. The normalized spacial score (nSPS) is 18.3. The first-order valence-corrected chi connectivity index (χ1v) is 5.86. The van der Waals surface area contributed by atoms with Crippen molar-refractivity contribution in [1.82, 2.24) is 10.6 Å². The molecule has 8 nitrogen and oxygen atoms in total. The van der Waals surface area contributed by atoms with Crippen molar-refractivity contribution in [2.45, 2.75) is 18.9 Å². The van der Waals surface area contributed by atoms with E-state index in [1.807, 2.05) is 0 Å². The summed E-state index contributed by atoms with van der Waals surface area (Å²) >= 11 is 0. The lowest BCUT2D eigenvalue weighted by Crippen LogP contribution is -2.52. The Morgan fingerprint density at radius 3 is 2.50 bits per heavy atom. The minimum Gasteiger partial charge on any atom is -0.340 e. The molecule has 0 unspecified atom stereocenters. The number of benzene rings is 1. The van der Waals surface area contributed by atoms with Gasteiger partial charge < -0.3 is 5.32 Å². The Kier molecular flexibility index (Phi) is 3.74. The number of nitrogens with zero attached hydrogens (tertiary/aromatic N) is 1. The van der Waals surface area contributed by atoms with Gasteiger partial charge in [-0.15, -0.1) is 0 Å². The van der Waals surface area contributed by atoms with E-state index in [1.165, 1.54) is 24.3 Å². The average molecular weight is 277 g/mol. The first-order valence-electron chi connectivity index (χ1n) is 5.86. The van der Waals surface area contributed by atoms with Crippen LogP contribution in [0.25, 0.3) is 0 Å². The van der Waals surface area contributed by atoms with E-state index in [-0.39, 0.29) is 30.0 Å². The van der Waals surface area contributed by atoms with E-state index >= 15 is 0 Å². The summed E-state index contributed by atoms with van der Waals surface area (Å²) in [5.74, 6) is -1.43. The van der Waals surface area contributed by atoms with E-state index in [0.29, 0.717) is 0 Å². The van der Waals surface area contributed by atoms with Crippen LogP contribution in [0.3, 0.4) is 0 Å². The maximum absolute atomic E-state index is 11.9. The highest BCUT2D eigenvalue weighted by Crippen LogP contribution is 2.12. The second-order valence-electron chi connectivity index (χ2n) is 4.28. The van der Waals surface area contributed by atoms with E-state index in [2.05, 4.69) is 10.6 Å². The zero-order valence-electron chi connectivity index (χ0n) is 10.3. The number of carbonyl (C=O) groups is 3. The van der Waals surface area contributed by atoms with Gasteiger partial charge in [-0.05, 0) is 18.6 Å². The summed E-state index contributed by atoms with van der Waals surface area (Å²) in [7, 11) is 0. The highest BCUT2D eigenvalue weighted by Gasteiger charge is 2.28. The fourth-order valence-corrected chi connectivity index (χ4v) is 1.81. The maximum atomic E-state index is 11.9. The Balaban J connectivity index is 2.03. The molecule has 0 radical (unpaired) electrons. The fraction of sp³-hybridized carbons (Fsp3) is 0.250. The van der Waals surface area contributed by atoms with Crippen molar-refractivity contribution in [3.05, 3.63) is 39.9 Å². The SMILES string of the molecule is O=C1CC[C@H](NC(=O)c2ccc([N+](=O)[O-])cc2)C(=O)N1. The zero-order valence-corrected chi connectivity index (χ0v) is 10.3. The first-order chi connectivity index (χ1) is 9.47. The van der Waals surface area contributed by atoms with Gasteiger partial charge in [-0.3, -0.25) is 29.8 Å². The number of nitro groups is 1. The van der Waals surface area contributed by atoms with Crippen LogP contribution in [-0.4, -0.2) is 28.7 Å². The van der Waals surface area contributed by atoms with E-state index in [1.54, 1.807) is 0 Å². The monoisotopic (exact) mass is 277 g/mol. The molecule has 8 heteroatoms. The maximum Gasteiger partial charge on any atom is 0.269 e. The minimum absolute atomic E-state index is 0.123. The lowest BCUT2D eigenvalue weighted by molar-refractivity contribution is -0.384. The Bertz CT molecular complexity index is 581. The van der Waals surface area contributed by atoms with Gasteiger partial charge in [0.1, 0.15) is 6.04 Å². The summed E-state index contributed by atoms with van der Waals surface area (Å²) in [6, 6.07) is 4.26. The van der Waals surface area contributed by atoms with Crippen molar-refractivity contribution >= 4 is 23.4 Å². The number of amides is 3. The number of nitrogens with one attached hydrogen (secondary N) is 2. The quantitative estimate of drug-likeness (QED) is 0.462. The molecule has 1 saturated heterocycles. The van der Waals surface area contributed by atoms with Gasteiger partial charge in [-0.2, -0.15) is 0 Å². The van der Waals surface area contributed by atoms with Gasteiger partial charge >= 0.3 is 0 Å². The van der Waals surface area contributed by atoms with Crippen LogP contribution in [0.15, 0.2) is 24.3 Å². The minimum atomic E-state index is -0.768. The van der Waals surface area contributed by atoms with Crippen LogP contribution < -0.4 is 10.6 Å². The fourth-order valence-electron chi connectivity index (χ4n) is 1.81. The molecule has 2 N–H and O–H groups in total. The molecule has 0 aromatic heterocycles. The van der Waals surface area contributed by atoms with E-state index in [0.717, 1.165) is 0 Å². The number of piperidine rings is 1. The Morgan fingerprint density at radius 2 is 1.95 bits per heavy atom. The molecule has 1 aliphatic heterocycles. The summed E-state index contributed by atoms with van der Waals surface area (Å²) < 4.78 is 0. The van der Waals surface area contributed by atoms with Crippen molar-refractivity contribution in [1.29, 1.82) is 0 Å². The third-order valence-electron chi connectivity index (χ3n) is 2.88. The molecule has 104 valence electrons. The average Bonchev–Trinajstić information content (AvgIpc) is 2.42. The van der Waals surface area contributed by atoms with Crippen molar-refractivity contribution in [3.63, 3.8) is 0 Å². The molecule has 0 saturated carbocycles. The van der Waals surface area contributed by atoms with Crippen LogP contribution in [-0.2, 0) is 9.59 Å². The largest absolute Gasteiger partial charge is 0.340 e. The number of hydrogen-bond acceptors (Lipinski definition) is 5. The molecule has 1 fully saturated rings. The molecule has 1 heterocycles. The lowest BCUT2D eigenvalue weighted by atomic mass is 10.1. The highest BCUT2D eigenvalue weighted by atomic mass is 16.6. The molecule has 1 aromatic rings. The van der Waals surface area contributed by atoms with Crippen LogP contribution in [0.4, 0.5) is 5.69 Å². The third kappa shape index (κ3) is 2.97. The molecular weight excluding hydrogens is 266 g/mol. The number of carbonyl (C=O) groups excluding carboxylic acids is 3. The van der Waals surface area contributed by atoms with Gasteiger partial charge in [0.15, 0.2) is 0 Å². The third-order valence-corrected chi connectivity index (χ3v) is 2.88. The second-order valence-corrected chi connectivity index (χ2v) is 4.28. The number of non-ortho nitro benzene ring substituents is 1. The number of nitro benzene ring substituents is 1. The van der Waals surface area contributed by atoms with E-state index < -0.39 is 22.8 Å². The molecule has 3 amide bonds.